The first-order valence-electron chi connectivity index (χ1n) is 6.19. The van der Waals surface area contributed by atoms with Gasteiger partial charge in [0.05, 0.1) is 12.7 Å². The molecular formula is C11H20N4OS2. The summed E-state index contributed by atoms with van der Waals surface area (Å²) in [7, 11) is 0. The molecule has 7 heteroatoms. The van der Waals surface area contributed by atoms with Gasteiger partial charge in [-0.2, -0.15) is 0 Å². The molecule has 1 aliphatic heterocycles. The van der Waals surface area contributed by atoms with Crippen molar-refractivity contribution in [1.82, 2.24) is 15.1 Å². The van der Waals surface area contributed by atoms with Crippen molar-refractivity contribution in [2.75, 3.05) is 37.7 Å². The second-order valence-corrected chi connectivity index (χ2v) is 7.14. The van der Waals surface area contributed by atoms with Crippen LogP contribution in [0.25, 0.3) is 0 Å². The predicted molar refractivity (Wildman–Crippen MR) is 76.1 cm³/mol. The maximum atomic E-state index is 5.78. The lowest BCUT2D eigenvalue weighted by Gasteiger charge is -2.33. The number of nitrogens with zero attached hydrogens (tertiary/aromatic N) is 3. The Morgan fingerprint density at radius 2 is 2.39 bits per heavy atom. The fourth-order valence-corrected chi connectivity index (χ4v) is 3.67. The number of aromatic nitrogens is 2. The second kappa shape index (κ2) is 6.70. The largest absolute Gasteiger partial charge is 0.375 e. The van der Waals surface area contributed by atoms with E-state index in [0.717, 1.165) is 36.3 Å². The van der Waals surface area contributed by atoms with Crippen LogP contribution < -0.4 is 5.73 Å². The third kappa shape index (κ3) is 4.38. The summed E-state index contributed by atoms with van der Waals surface area (Å²) >= 11 is 3.12. The fraction of sp³-hybridized carbons (Fsp3) is 0.818. The van der Waals surface area contributed by atoms with Gasteiger partial charge in [0.15, 0.2) is 4.34 Å². The van der Waals surface area contributed by atoms with Gasteiger partial charge in [-0.15, -0.1) is 10.2 Å². The molecule has 0 radical (unpaired) electrons. The first kappa shape index (κ1) is 14.0. The zero-order chi connectivity index (χ0) is 13.0. The van der Waals surface area contributed by atoms with E-state index in [0.29, 0.717) is 11.0 Å². The molecule has 1 aliphatic rings. The topological polar surface area (TPSA) is 64.3 Å². The molecule has 0 bridgehead atoms. The predicted octanol–water partition coefficient (Wildman–Crippen LogP) is 1.57. The van der Waals surface area contributed by atoms with Gasteiger partial charge < -0.3 is 10.5 Å². The van der Waals surface area contributed by atoms with Gasteiger partial charge in [0.1, 0.15) is 0 Å². The average molecular weight is 288 g/mol. The lowest BCUT2D eigenvalue weighted by molar-refractivity contribution is -0.0191. The summed E-state index contributed by atoms with van der Waals surface area (Å²) in [5, 5.41) is 8.34. The van der Waals surface area contributed by atoms with Crippen LogP contribution in [-0.2, 0) is 4.74 Å². The van der Waals surface area contributed by atoms with Gasteiger partial charge in [-0.3, -0.25) is 4.90 Å². The Kier molecular flexibility index (Phi) is 5.23. The molecule has 2 heterocycles. The molecular weight excluding hydrogens is 268 g/mol. The molecule has 1 atom stereocenters. The van der Waals surface area contributed by atoms with E-state index in [-0.39, 0.29) is 6.10 Å². The molecule has 1 fully saturated rings. The summed E-state index contributed by atoms with van der Waals surface area (Å²) in [6, 6.07) is 0. The average Bonchev–Trinajstić information content (AvgIpc) is 2.72. The van der Waals surface area contributed by atoms with E-state index in [9.17, 15) is 0 Å². The van der Waals surface area contributed by atoms with Crippen LogP contribution in [0.3, 0.4) is 0 Å². The van der Waals surface area contributed by atoms with Gasteiger partial charge in [-0.1, -0.05) is 36.9 Å². The monoisotopic (exact) mass is 288 g/mol. The van der Waals surface area contributed by atoms with Crippen LogP contribution in [0.5, 0.6) is 0 Å². The molecule has 0 aromatic carbocycles. The van der Waals surface area contributed by atoms with Gasteiger partial charge >= 0.3 is 0 Å². The number of hydrogen-bond acceptors (Lipinski definition) is 7. The fourth-order valence-electron chi connectivity index (χ4n) is 2.01. The first-order chi connectivity index (χ1) is 8.63. The molecule has 18 heavy (non-hydrogen) atoms. The minimum Gasteiger partial charge on any atom is -0.375 e. The normalized spacial score (nSPS) is 21.6. The van der Waals surface area contributed by atoms with Crippen LogP contribution in [0.2, 0.25) is 0 Å². The third-order valence-electron chi connectivity index (χ3n) is 2.66. The van der Waals surface area contributed by atoms with E-state index >= 15 is 0 Å². The van der Waals surface area contributed by atoms with Gasteiger partial charge in [-0.05, 0) is 5.92 Å². The van der Waals surface area contributed by atoms with E-state index in [1.807, 2.05) is 0 Å². The highest BCUT2D eigenvalue weighted by molar-refractivity contribution is 8.01. The first-order valence-corrected chi connectivity index (χ1v) is 7.99. The molecule has 1 aromatic rings. The standard InChI is InChI=1S/C11H20N4OS2/c1-8(2)5-15-3-4-16-9(6-15)7-17-11-14-13-10(12)18-11/h8-9H,3-7H2,1-2H3,(H2,12,13)/t9-/m1/s1. The van der Waals surface area contributed by atoms with E-state index in [1.165, 1.54) is 11.3 Å². The van der Waals surface area contributed by atoms with Crippen molar-refractivity contribution < 1.29 is 4.74 Å². The second-order valence-electron chi connectivity index (χ2n) is 4.86. The van der Waals surface area contributed by atoms with Gasteiger partial charge in [0.2, 0.25) is 5.13 Å². The summed E-state index contributed by atoms with van der Waals surface area (Å²) < 4.78 is 6.71. The number of hydrogen-bond donors (Lipinski definition) is 1. The lowest BCUT2D eigenvalue weighted by Crippen LogP contribution is -2.44. The number of morpholine rings is 1. The maximum Gasteiger partial charge on any atom is 0.203 e. The number of rotatable bonds is 5. The highest BCUT2D eigenvalue weighted by Crippen LogP contribution is 2.25. The minimum absolute atomic E-state index is 0.285. The number of nitrogen functional groups attached to an aromatic ring is 1. The zero-order valence-electron chi connectivity index (χ0n) is 10.8. The molecule has 0 aliphatic carbocycles. The molecule has 0 unspecified atom stereocenters. The Labute approximate surface area is 116 Å². The van der Waals surface area contributed by atoms with Crippen LogP contribution in [0.15, 0.2) is 4.34 Å². The van der Waals surface area contributed by atoms with Crippen molar-refractivity contribution >= 4 is 28.2 Å². The molecule has 1 saturated heterocycles. The Balaban J connectivity index is 1.75. The van der Waals surface area contributed by atoms with Gasteiger partial charge in [0, 0.05) is 25.4 Å². The Morgan fingerprint density at radius 3 is 3.06 bits per heavy atom. The van der Waals surface area contributed by atoms with E-state index in [1.54, 1.807) is 11.8 Å². The van der Waals surface area contributed by atoms with E-state index in [4.69, 9.17) is 10.5 Å². The van der Waals surface area contributed by atoms with E-state index < -0.39 is 0 Å². The van der Waals surface area contributed by atoms with Crippen LogP contribution in [0.4, 0.5) is 5.13 Å². The molecule has 2 rings (SSSR count). The smallest absolute Gasteiger partial charge is 0.203 e. The van der Waals surface area contributed by atoms with Crippen LogP contribution in [0, 0.1) is 5.92 Å². The van der Waals surface area contributed by atoms with Crippen LogP contribution in [-0.4, -0.2) is 53.2 Å². The van der Waals surface area contributed by atoms with Crippen molar-refractivity contribution in [1.29, 1.82) is 0 Å². The highest BCUT2D eigenvalue weighted by atomic mass is 32.2. The molecule has 102 valence electrons. The Hall–Kier alpha value is -0.370. The van der Waals surface area contributed by atoms with Gasteiger partial charge in [-0.25, -0.2) is 0 Å². The third-order valence-corrected chi connectivity index (χ3v) is 4.68. The SMILES string of the molecule is CC(C)CN1CCO[C@@H](CSc2nnc(N)s2)C1. The lowest BCUT2D eigenvalue weighted by atomic mass is 10.2. The van der Waals surface area contributed by atoms with Crippen molar-refractivity contribution in [3.8, 4) is 0 Å². The highest BCUT2D eigenvalue weighted by Gasteiger charge is 2.21. The molecule has 1 aromatic heterocycles. The minimum atomic E-state index is 0.285. The molecule has 2 N–H and O–H groups in total. The zero-order valence-corrected chi connectivity index (χ0v) is 12.5. The number of thioether (sulfide) groups is 1. The van der Waals surface area contributed by atoms with Crippen LogP contribution in [0.1, 0.15) is 13.8 Å². The quantitative estimate of drug-likeness (QED) is 0.830. The Bertz CT molecular complexity index is 372. The molecule has 0 saturated carbocycles. The summed E-state index contributed by atoms with van der Waals surface area (Å²) in [4.78, 5) is 2.48. The molecule has 5 nitrogen and oxygen atoms in total. The molecule has 0 amide bonds. The maximum absolute atomic E-state index is 5.78. The van der Waals surface area contributed by atoms with E-state index in [2.05, 4.69) is 28.9 Å². The Morgan fingerprint density at radius 1 is 1.56 bits per heavy atom. The summed E-state index contributed by atoms with van der Waals surface area (Å²) in [6.07, 6.45) is 0.285. The number of nitrogens with two attached hydrogens (primary N) is 1. The number of anilines is 1. The van der Waals surface area contributed by atoms with Crippen LogP contribution >= 0.6 is 23.1 Å². The summed E-state index contributed by atoms with van der Waals surface area (Å²) in [6.45, 7) is 8.55. The van der Waals surface area contributed by atoms with Crippen molar-refractivity contribution in [3.63, 3.8) is 0 Å². The van der Waals surface area contributed by atoms with Crippen molar-refractivity contribution in [2.45, 2.75) is 24.3 Å². The van der Waals surface area contributed by atoms with Gasteiger partial charge in [0.25, 0.3) is 0 Å². The summed E-state index contributed by atoms with van der Waals surface area (Å²) in [5.41, 5.74) is 5.56. The number of ether oxygens (including phenoxy) is 1. The van der Waals surface area contributed by atoms with Crippen molar-refractivity contribution in [3.05, 3.63) is 0 Å². The summed E-state index contributed by atoms with van der Waals surface area (Å²) in [5.74, 6) is 1.63. The van der Waals surface area contributed by atoms with Crippen molar-refractivity contribution in [2.24, 2.45) is 5.92 Å². The molecule has 0 spiro atoms.